The zero-order valence-corrected chi connectivity index (χ0v) is 40.3. The molecule has 66 heavy (non-hydrogen) atoms. The molecule has 0 aromatic heterocycles. The van der Waals surface area contributed by atoms with Crippen molar-refractivity contribution in [3.8, 4) is 0 Å². The zero-order valence-electron chi connectivity index (χ0n) is 40.3. The number of esters is 1. The van der Waals surface area contributed by atoms with Gasteiger partial charge in [0.2, 0.25) is 5.79 Å². The normalized spacial score (nSPS) is 41.2. The minimum Gasteiger partial charge on any atom is -0.459 e. The van der Waals surface area contributed by atoms with Crippen LogP contribution in [0.2, 0.25) is 0 Å². The Labute approximate surface area is 392 Å². The van der Waals surface area contributed by atoms with Crippen LogP contribution in [-0.4, -0.2) is 135 Å². The van der Waals surface area contributed by atoms with E-state index in [0.717, 1.165) is 56.3 Å². The van der Waals surface area contributed by atoms with Crippen LogP contribution in [-0.2, 0) is 42.7 Å². The smallest absolute Gasteiger partial charge is 0.338 e. The average molecular weight is 929 g/mol. The van der Waals surface area contributed by atoms with E-state index in [1.807, 2.05) is 32.1 Å². The number of aliphatic hydroxyl groups is 5. The highest BCUT2D eigenvalue weighted by atomic mass is 16.7. The fourth-order valence-corrected chi connectivity index (χ4v) is 11.3. The Morgan fingerprint density at radius 1 is 1.02 bits per heavy atom. The standard InChI is InChI=1S/C52H80O14/c1-32(13-9-8-11-25-53)31-59-48(57)49(7,58)30-39-16-17-43(55)52(63-39)29-33(2)27-42(64-52)34(3)14-15-38-19-23-51(62-38)24-20-41-47(66-51)44(56)37(6)46(61-41)40(54)28-36(5)45-35(4)18-22-50(65-45)21-10-12-26-60-50/h8-9,13-15,29,34-36,38-47,53-56,58H,6,10-12,16-28,30-31H2,1-5,7H3/b9-8+,15-14+,32-13+. The van der Waals surface area contributed by atoms with Crippen molar-refractivity contribution < 1.29 is 68.2 Å². The van der Waals surface area contributed by atoms with E-state index in [1.54, 1.807) is 12.2 Å². The van der Waals surface area contributed by atoms with E-state index in [4.69, 9.17) is 43.0 Å². The van der Waals surface area contributed by atoms with Crippen LogP contribution in [0.1, 0.15) is 138 Å². The number of carbonyl (C=O) groups is 1. The van der Waals surface area contributed by atoms with Gasteiger partial charge in [-0.05, 0) is 114 Å². The molecule has 5 N–H and O–H groups in total. The summed E-state index contributed by atoms with van der Waals surface area (Å²) < 4.78 is 51.2. The molecule has 17 unspecified atom stereocenters. The van der Waals surface area contributed by atoms with Crippen molar-refractivity contribution >= 4 is 5.97 Å². The highest BCUT2D eigenvalue weighted by molar-refractivity contribution is 5.78. The summed E-state index contributed by atoms with van der Waals surface area (Å²) in [5.74, 6) is -3.30. The number of fused-ring (bicyclic) bond motifs is 1. The third kappa shape index (κ3) is 12.0. The number of carbonyl (C=O) groups excluding carboxylic acids is 1. The maximum absolute atomic E-state index is 13.0. The number of hydrogen-bond acceptors (Lipinski definition) is 14. The maximum Gasteiger partial charge on any atom is 0.338 e. The average Bonchev–Trinajstić information content (AvgIpc) is 3.68. The van der Waals surface area contributed by atoms with E-state index >= 15 is 0 Å². The monoisotopic (exact) mass is 929 g/mol. The van der Waals surface area contributed by atoms with Crippen LogP contribution in [0.5, 0.6) is 0 Å². The van der Waals surface area contributed by atoms with E-state index in [0.29, 0.717) is 62.9 Å². The molecule has 0 aromatic carbocycles. The lowest BCUT2D eigenvalue weighted by Gasteiger charge is -2.50. The lowest BCUT2D eigenvalue weighted by atomic mass is 9.79. The van der Waals surface area contributed by atoms with Crippen molar-refractivity contribution in [1.82, 2.24) is 0 Å². The van der Waals surface area contributed by atoms with E-state index in [-0.39, 0.29) is 49.8 Å². The van der Waals surface area contributed by atoms with Crippen LogP contribution in [0.4, 0.5) is 0 Å². The van der Waals surface area contributed by atoms with Gasteiger partial charge in [0.1, 0.15) is 31.0 Å². The molecule has 0 amide bonds. The summed E-state index contributed by atoms with van der Waals surface area (Å²) in [5, 5.41) is 54.7. The molecule has 0 aromatic rings. The second-order valence-electron chi connectivity index (χ2n) is 21.1. The van der Waals surface area contributed by atoms with Gasteiger partial charge in [0.05, 0.1) is 43.2 Å². The molecule has 7 aliphatic rings. The fourth-order valence-electron chi connectivity index (χ4n) is 11.3. The lowest BCUT2D eigenvalue weighted by molar-refractivity contribution is -0.321. The number of ether oxygens (including phenoxy) is 8. The predicted molar refractivity (Wildman–Crippen MR) is 246 cm³/mol. The summed E-state index contributed by atoms with van der Waals surface area (Å²) in [6, 6.07) is 0. The van der Waals surface area contributed by atoms with Crippen LogP contribution in [0, 0.1) is 17.8 Å². The highest BCUT2D eigenvalue weighted by Gasteiger charge is 2.55. The molecule has 6 fully saturated rings. The van der Waals surface area contributed by atoms with Gasteiger partial charge in [0.25, 0.3) is 0 Å². The Bertz CT molecular complexity index is 1780. The van der Waals surface area contributed by atoms with Gasteiger partial charge in [-0.2, -0.15) is 0 Å². The summed E-state index contributed by atoms with van der Waals surface area (Å²) in [5.41, 5.74) is 0.374. The predicted octanol–water partition coefficient (Wildman–Crippen LogP) is 6.56. The maximum atomic E-state index is 13.0. The molecule has 0 aliphatic carbocycles. The molecule has 14 heteroatoms. The van der Waals surface area contributed by atoms with Gasteiger partial charge in [-0.1, -0.05) is 63.3 Å². The first kappa shape index (κ1) is 51.5. The van der Waals surface area contributed by atoms with Crippen LogP contribution >= 0.6 is 0 Å². The van der Waals surface area contributed by atoms with Gasteiger partial charge < -0.3 is 63.4 Å². The molecule has 14 nitrogen and oxygen atoms in total. The molecule has 7 aliphatic heterocycles. The zero-order chi connectivity index (χ0) is 47.4. The van der Waals surface area contributed by atoms with Crippen LogP contribution < -0.4 is 0 Å². The van der Waals surface area contributed by atoms with Crippen molar-refractivity contribution in [3.05, 3.63) is 59.8 Å². The number of hydrogen-bond donors (Lipinski definition) is 5. The quantitative estimate of drug-likeness (QED) is 0.0674. The Hall–Kier alpha value is -2.31. The van der Waals surface area contributed by atoms with Crippen LogP contribution in [0.25, 0.3) is 0 Å². The molecule has 6 saturated heterocycles. The summed E-state index contributed by atoms with van der Waals surface area (Å²) >= 11 is 0. The topological polar surface area (TPSA) is 192 Å². The molecule has 0 radical (unpaired) electrons. The number of aliphatic hydroxyl groups excluding tert-OH is 4. The van der Waals surface area contributed by atoms with E-state index in [2.05, 4.69) is 33.4 Å². The van der Waals surface area contributed by atoms with E-state index in [9.17, 15) is 25.2 Å². The van der Waals surface area contributed by atoms with Crippen molar-refractivity contribution in [2.75, 3.05) is 19.8 Å². The second-order valence-corrected chi connectivity index (χ2v) is 21.1. The highest BCUT2D eigenvalue weighted by Crippen LogP contribution is 2.47. The molecule has 17 atom stereocenters. The number of rotatable bonds is 15. The van der Waals surface area contributed by atoms with Crippen molar-refractivity contribution in [2.24, 2.45) is 17.8 Å². The Kier molecular flexibility index (Phi) is 17.0. The number of allylic oxidation sites excluding steroid dienone is 2. The van der Waals surface area contributed by atoms with Crippen molar-refractivity contribution in [3.63, 3.8) is 0 Å². The third-order valence-corrected chi connectivity index (χ3v) is 15.2. The molecular formula is C52H80O14. The Morgan fingerprint density at radius 2 is 1.79 bits per heavy atom. The van der Waals surface area contributed by atoms with Crippen molar-refractivity contribution in [1.29, 1.82) is 0 Å². The summed E-state index contributed by atoms with van der Waals surface area (Å²) in [6.45, 7) is 16.6. The first-order valence-corrected chi connectivity index (χ1v) is 25.0. The molecular weight excluding hydrogens is 849 g/mol. The first-order valence-electron chi connectivity index (χ1n) is 25.0. The molecule has 7 rings (SSSR count). The molecule has 0 saturated carbocycles. The minimum absolute atomic E-state index is 0.0140. The lowest BCUT2D eigenvalue weighted by Crippen LogP contribution is -2.60. The molecule has 7 heterocycles. The Morgan fingerprint density at radius 3 is 2.55 bits per heavy atom. The van der Waals surface area contributed by atoms with Crippen molar-refractivity contribution in [2.45, 2.75) is 222 Å². The van der Waals surface area contributed by atoms with Gasteiger partial charge in [-0.15, -0.1) is 0 Å². The summed E-state index contributed by atoms with van der Waals surface area (Å²) in [7, 11) is 0. The SMILES string of the molecule is C=C1C(O)C2OC3(CCC(/C=C/C(C)C4CC(C)=CC5(OC(CC(C)(O)C(=O)OC/C(C)=C/C=C/CCO)CCC5O)O4)O3)CCC2OC1C(O)CC(C)C1OC2(CCCCO2)CCC1C. The molecule has 0 bridgehead atoms. The first-order chi connectivity index (χ1) is 31.4. The second kappa shape index (κ2) is 21.8. The van der Waals surface area contributed by atoms with Gasteiger partial charge in [-0.25, -0.2) is 4.79 Å². The van der Waals surface area contributed by atoms with Crippen LogP contribution in [0.15, 0.2) is 59.8 Å². The van der Waals surface area contributed by atoms with Gasteiger partial charge in [0.15, 0.2) is 17.2 Å². The van der Waals surface area contributed by atoms with Gasteiger partial charge >= 0.3 is 5.97 Å². The Balaban J connectivity index is 0.897. The van der Waals surface area contributed by atoms with E-state index < -0.39 is 71.7 Å². The summed E-state index contributed by atoms with van der Waals surface area (Å²) in [6.07, 6.45) is 15.4. The minimum atomic E-state index is -1.83. The molecule has 372 valence electrons. The van der Waals surface area contributed by atoms with Gasteiger partial charge in [0, 0.05) is 44.6 Å². The van der Waals surface area contributed by atoms with Crippen LogP contribution in [0.3, 0.4) is 0 Å². The molecule has 3 spiro atoms. The van der Waals surface area contributed by atoms with Gasteiger partial charge in [-0.3, -0.25) is 0 Å². The summed E-state index contributed by atoms with van der Waals surface area (Å²) in [4.78, 5) is 13.0. The fraction of sp³-hybridized carbons (Fsp3) is 0.788. The van der Waals surface area contributed by atoms with E-state index in [1.165, 1.54) is 6.92 Å². The largest absolute Gasteiger partial charge is 0.459 e. The third-order valence-electron chi connectivity index (χ3n) is 15.2.